The third-order valence-corrected chi connectivity index (χ3v) is 2.90. The van der Waals surface area contributed by atoms with Gasteiger partial charge in [-0.1, -0.05) is 23.2 Å². The number of carbonyl (C=O) groups is 1. The molecule has 1 N–H and O–H groups in total. The van der Waals surface area contributed by atoms with E-state index in [4.69, 9.17) is 23.2 Å². The molecular weight excluding hydrogens is 323 g/mol. The number of anilines is 1. The second kappa shape index (κ2) is 4.99. The second-order valence-electron chi connectivity index (χ2n) is 2.82. The molecule has 0 heterocycles. The van der Waals surface area contributed by atoms with E-state index in [-0.39, 0.29) is 25.9 Å². The van der Waals surface area contributed by atoms with Crippen LogP contribution in [0, 0.1) is 10.1 Å². The van der Waals surface area contributed by atoms with E-state index < -0.39 is 10.8 Å². The van der Waals surface area contributed by atoms with Crippen LogP contribution in [0.2, 0.25) is 10.0 Å². The summed E-state index contributed by atoms with van der Waals surface area (Å²) in [6.45, 7) is 1.25. The molecule has 0 spiro atoms. The predicted molar refractivity (Wildman–Crippen MR) is 65.1 cm³/mol. The summed E-state index contributed by atoms with van der Waals surface area (Å²) >= 11 is 14.6. The van der Waals surface area contributed by atoms with Crippen molar-refractivity contribution in [2.75, 3.05) is 5.32 Å². The van der Waals surface area contributed by atoms with E-state index in [1.54, 1.807) is 0 Å². The fourth-order valence-corrected chi connectivity index (χ4v) is 2.47. The fourth-order valence-electron chi connectivity index (χ4n) is 1.04. The predicted octanol–water partition coefficient (Wildman–Crippen LogP) is 3.62. The Hall–Kier alpha value is -0.850. The Morgan fingerprint density at radius 1 is 1.56 bits per heavy atom. The van der Waals surface area contributed by atoms with Gasteiger partial charge in [0, 0.05) is 6.92 Å². The molecule has 5 nitrogen and oxygen atoms in total. The number of hydrogen-bond donors (Lipinski definition) is 1. The number of nitrogens with zero attached hydrogens (tertiary/aromatic N) is 1. The molecule has 0 aliphatic rings. The Morgan fingerprint density at radius 2 is 2.12 bits per heavy atom. The minimum Gasteiger partial charge on any atom is -0.324 e. The van der Waals surface area contributed by atoms with Crippen molar-refractivity contribution in [3.05, 3.63) is 30.7 Å². The maximum atomic E-state index is 10.9. The summed E-state index contributed by atoms with van der Waals surface area (Å²) in [6, 6.07) is 1.30. The largest absolute Gasteiger partial charge is 0.324 e. The summed E-state index contributed by atoms with van der Waals surface area (Å²) in [5.41, 5.74) is -0.305. The van der Waals surface area contributed by atoms with E-state index in [1.807, 2.05) is 0 Å². The van der Waals surface area contributed by atoms with Gasteiger partial charge < -0.3 is 5.32 Å². The molecule has 0 aromatic heterocycles. The maximum Gasteiger partial charge on any atom is 0.304 e. The molecule has 8 heteroatoms. The Morgan fingerprint density at radius 3 is 2.56 bits per heavy atom. The summed E-state index contributed by atoms with van der Waals surface area (Å²) in [4.78, 5) is 20.9. The van der Waals surface area contributed by atoms with E-state index in [9.17, 15) is 14.9 Å². The molecule has 0 bridgehead atoms. The highest BCUT2D eigenvalue weighted by Gasteiger charge is 2.23. The minimum absolute atomic E-state index is 0.0331. The Kier molecular flexibility index (Phi) is 4.12. The number of halogens is 3. The molecule has 0 aliphatic heterocycles. The number of benzene rings is 1. The van der Waals surface area contributed by atoms with Gasteiger partial charge in [0.1, 0.15) is 5.02 Å². The molecule has 1 aromatic carbocycles. The van der Waals surface area contributed by atoms with Crippen molar-refractivity contribution >= 4 is 56.4 Å². The number of rotatable bonds is 2. The number of nitrogens with one attached hydrogen (secondary N) is 1. The Labute approximate surface area is 109 Å². The van der Waals surface area contributed by atoms with Gasteiger partial charge in [-0.15, -0.1) is 0 Å². The van der Waals surface area contributed by atoms with Crippen LogP contribution in [0.1, 0.15) is 6.92 Å². The summed E-state index contributed by atoms with van der Waals surface area (Å²) in [5.74, 6) is -0.416. The first-order valence-corrected chi connectivity index (χ1v) is 5.49. The highest BCUT2D eigenvalue weighted by Crippen LogP contribution is 2.42. The van der Waals surface area contributed by atoms with Crippen molar-refractivity contribution in [3.63, 3.8) is 0 Å². The van der Waals surface area contributed by atoms with Crippen molar-refractivity contribution in [1.29, 1.82) is 0 Å². The lowest BCUT2D eigenvalue weighted by Gasteiger charge is -2.08. The molecule has 0 saturated heterocycles. The molecule has 0 aliphatic carbocycles. The van der Waals surface area contributed by atoms with Crippen LogP contribution in [0.4, 0.5) is 11.4 Å². The van der Waals surface area contributed by atoms with Gasteiger partial charge in [-0.05, 0) is 22.0 Å². The first-order chi connectivity index (χ1) is 7.34. The smallest absolute Gasteiger partial charge is 0.304 e. The van der Waals surface area contributed by atoms with E-state index in [1.165, 1.54) is 13.0 Å². The van der Waals surface area contributed by atoms with Gasteiger partial charge >= 0.3 is 5.69 Å². The fraction of sp³-hybridized carbons (Fsp3) is 0.125. The van der Waals surface area contributed by atoms with Crippen LogP contribution in [0.5, 0.6) is 0 Å². The van der Waals surface area contributed by atoms with Gasteiger partial charge in [0.25, 0.3) is 0 Å². The lowest BCUT2D eigenvalue weighted by Crippen LogP contribution is -2.08. The van der Waals surface area contributed by atoms with Crippen LogP contribution in [0.3, 0.4) is 0 Å². The summed E-state index contributed by atoms with van der Waals surface area (Å²) < 4.78 is 0.154. The monoisotopic (exact) mass is 326 g/mol. The van der Waals surface area contributed by atoms with Crippen LogP contribution in [-0.2, 0) is 4.79 Å². The molecule has 16 heavy (non-hydrogen) atoms. The van der Waals surface area contributed by atoms with E-state index in [0.29, 0.717) is 0 Å². The van der Waals surface area contributed by atoms with Crippen molar-refractivity contribution in [1.82, 2.24) is 0 Å². The molecule has 0 fully saturated rings. The van der Waals surface area contributed by atoms with Gasteiger partial charge in [-0.3, -0.25) is 14.9 Å². The number of nitro groups is 1. The van der Waals surface area contributed by atoms with Crippen molar-refractivity contribution in [2.24, 2.45) is 0 Å². The van der Waals surface area contributed by atoms with Crippen LogP contribution in [0.25, 0.3) is 0 Å². The lowest BCUT2D eigenvalue weighted by atomic mass is 10.2. The molecule has 0 unspecified atom stereocenters. The second-order valence-corrected chi connectivity index (χ2v) is 4.46. The quantitative estimate of drug-likeness (QED) is 0.666. The summed E-state index contributed by atoms with van der Waals surface area (Å²) in [6.07, 6.45) is 0. The van der Waals surface area contributed by atoms with Crippen LogP contribution >= 0.6 is 39.1 Å². The van der Waals surface area contributed by atoms with E-state index in [0.717, 1.165) is 0 Å². The summed E-state index contributed by atoms with van der Waals surface area (Å²) in [7, 11) is 0. The Bertz CT molecular complexity index is 479. The van der Waals surface area contributed by atoms with E-state index in [2.05, 4.69) is 21.2 Å². The van der Waals surface area contributed by atoms with Crippen molar-refractivity contribution in [3.8, 4) is 0 Å². The topological polar surface area (TPSA) is 72.2 Å². The molecule has 0 atom stereocenters. The molecule has 1 rings (SSSR count). The van der Waals surface area contributed by atoms with Gasteiger partial charge in [-0.25, -0.2) is 0 Å². The van der Waals surface area contributed by atoms with Crippen molar-refractivity contribution < 1.29 is 9.72 Å². The van der Waals surface area contributed by atoms with Crippen molar-refractivity contribution in [2.45, 2.75) is 6.92 Å². The van der Waals surface area contributed by atoms with Crippen LogP contribution in [0.15, 0.2) is 10.5 Å². The average Bonchev–Trinajstić information content (AvgIpc) is 2.10. The maximum absolute atomic E-state index is 10.9. The minimum atomic E-state index is -0.659. The first kappa shape index (κ1) is 13.2. The third-order valence-electron chi connectivity index (χ3n) is 1.63. The molecule has 86 valence electrons. The highest BCUT2D eigenvalue weighted by molar-refractivity contribution is 9.10. The van der Waals surface area contributed by atoms with Gasteiger partial charge in [-0.2, -0.15) is 0 Å². The van der Waals surface area contributed by atoms with Gasteiger partial charge in [0.2, 0.25) is 5.91 Å². The molecule has 0 radical (unpaired) electrons. The number of carbonyl (C=O) groups excluding carboxylic acids is 1. The van der Waals surface area contributed by atoms with Crippen LogP contribution in [-0.4, -0.2) is 10.8 Å². The standard InChI is InChI=1S/C8H5BrCl2N2O3/c1-3(14)12-7-5(10)2-4(9)8(6(7)11)13(15)16/h2H,1H3,(H,12,14). The van der Waals surface area contributed by atoms with E-state index >= 15 is 0 Å². The SMILES string of the molecule is CC(=O)Nc1c(Cl)cc(Br)c([N+](=O)[O-])c1Cl. The molecule has 1 aromatic rings. The average molecular weight is 328 g/mol. The number of nitro benzene ring substituents is 1. The van der Waals surface area contributed by atoms with Gasteiger partial charge in [0.05, 0.1) is 20.1 Å². The first-order valence-electron chi connectivity index (χ1n) is 3.94. The lowest BCUT2D eigenvalue weighted by molar-refractivity contribution is -0.385. The zero-order valence-corrected chi connectivity index (χ0v) is 11.0. The zero-order valence-electron chi connectivity index (χ0n) is 7.88. The molecule has 0 saturated carbocycles. The normalized spacial score (nSPS) is 10.0. The number of hydrogen-bond acceptors (Lipinski definition) is 3. The molecular formula is C8H5BrCl2N2O3. The number of amides is 1. The van der Waals surface area contributed by atoms with Gasteiger partial charge in [0.15, 0.2) is 0 Å². The zero-order chi connectivity index (χ0) is 12.5. The van der Waals surface area contributed by atoms with Crippen LogP contribution < -0.4 is 5.32 Å². The molecule has 1 amide bonds. The third kappa shape index (κ3) is 2.63. The Balaban J connectivity index is 3.44. The summed E-state index contributed by atoms with van der Waals surface area (Å²) in [5, 5.41) is 13.0. The highest BCUT2D eigenvalue weighted by atomic mass is 79.9.